The molecule has 0 radical (unpaired) electrons. The average molecular weight is 511 g/mol. The highest BCUT2D eigenvalue weighted by molar-refractivity contribution is 6.30. The molecular weight excluding hydrogens is 484 g/mol. The van der Waals surface area contributed by atoms with Crippen LogP contribution in [-0.4, -0.2) is 45.9 Å². The molecule has 0 unspecified atom stereocenters. The van der Waals surface area contributed by atoms with Crippen molar-refractivity contribution in [2.75, 3.05) is 31.0 Å². The van der Waals surface area contributed by atoms with Crippen molar-refractivity contribution < 1.29 is 14.3 Å². The molecule has 10 nitrogen and oxygen atoms in total. The second-order valence-electron chi connectivity index (χ2n) is 8.01. The van der Waals surface area contributed by atoms with Crippen LogP contribution in [-0.2, 0) is 17.8 Å². The van der Waals surface area contributed by atoms with Gasteiger partial charge in [0.15, 0.2) is 17.2 Å². The van der Waals surface area contributed by atoms with E-state index in [1.165, 1.54) is 15.3 Å². The summed E-state index contributed by atoms with van der Waals surface area (Å²) in [6.45, 7) is 4.81. The van der Waals surface area contributed by atoms with Gasteiger partial charge in [0.1, 0.15) is 11.4 Å². The molecule has 1 N–H and O–H groups in total. The van der Waals surface area contributed by atoms with Crippen LogP contribution >= 0.6 is 11.6 Å². The molecule has 0 saturated heterocycles. The summed E-state index contributed by atoms with van der Waals surface area (Å²) in [6, 6.07) is 11.1. The third kappa shape index (κ3) is 5.13. The van der Waals surface area contributed by atoms with Crippen molar-refractivity contribution in [3.8, 4) is 5.75 Å². The number of aryl methyl sites for hydroxylation is 1. The molecule has 11 heteroatoms. The lowest BCUT2D eigenvalue weighted by molar-refractivity contribution is 0.0517. The van der Waals surface area contributed by atoms with Gasteiger partial charge in [-0.2, -0.15) is 0 Å². The maximum atomic E-state index is 12.8. The van der Waals surface area contributed by atoms with E-state index in [1.807, 2.05) is 43.1 Å². The van der Waals surface area contributed by atoms with Crippen LogP contribution in [0.4, 0.5) is 17.2 Å². The lowest BCUT2D eigenvalue weighted by Crippen LogP contribution is -2.22. The number of methoxy groups -OCH3 is 1. The summed E-state index contributed by atoms with van der Waals surface area (Å²) in [5, 5.41) is 8.02. The molecule has 0 spiro atoms. The number of carbonyl (C=O) groups excluding carboxylic acids is 1. The Kier molecular flexibility index (Phi) is 7.44. The van der Waals surface area contributed by atoms with E-state index in [0.29, 0.717) is 35.3 Å². The van der Waals surface area contributed by atoms with Gasteiger partial charge in [0.2, 0.25) is 0 Å². The van der Waals surface area contributed by atoms with Gasteiger partial charge in [0.05, 0.1) is 30.6 Å². The first-order valence-electron chi connectivity index (χ1n) is 11.4. The Labute approximate surface area is 213 Å². The van der Waals surface area contributed by atoms with Crippen molar-refractivity contribution in [1.82, 2.24) is 19.2 Å². The normalized spacial score (nSPS) is 10.9. The van der Waals surface area contributed by atoms with Gasteiger partial charge in [0, 0.05) is 32.4 Å². The van der Waals surface area contributed by atoms with E-state index in [2.05, 4.69) is 15.4 Å². The SMILES string of the molecule is CCOC(=O)c1cnc2c(N(C)Cc3ccc(OC)cc3)cc(Nc3cc(Cl)cn(CC)c3=O)nn12. The molecule has 0 aliphatic heterocycles. The number of pyridine rings is 1. The summed E-state index contributed by atoms with van der Waals surface area (Å²) in [4.78, 5) is 31.8. The van der Waals surface area contributed by atoms with Gasteiger partial charge in [0.25, 0.3) is 5.56 Å². The van der Waals surface area contributed by atoms with Gasteiger partial charge < -0.3 is 24.3 Å². The Morgan fingerprint density at radius 2 is 1.94 bits per heavy atom. The van der Waals surface area contributed by atoms with E-state index in [4.69, 9.17) is 21.1 Å². The van der Waals surface area contributed by atoms with Gasteiger partial charge in [-0.15, -0.1) is 5.10 Å². The summed E-state index contributed by atoms with van der Waals surface area (Å²) >= 11 is 6.23. The van der Waals surface area contributed by atoms with Crippen LogP contribution in [0.5, 0.6) is 5.75 Å². The van der Waals surface area contributed by atoms with E-state index < -0.39 is 5.97 Å². The number of hydrogen-bond acceptors (Lipinski definition) is 8. The number of nitrogens with zero attached hydrogens (tertiary/aromatic N) is 5. The number of esters is 1. The second kappa shape index (κ2) is 10.7. The molecule has 0 aliphatic rings. The molecule has 0 atom stereocenters. The fraction of sp³-hybridized carbons (Fsp3) is 0.280. The first kappa shape index (κ1) is 25.1. The standard InChI is InChI=1S/C25H27ClN6O4/c1-5-31-15-17(26)11-19(24(31)33)28-22-12-20(30(3)14-16-7-9-18(35-4)10-8-16)23-27-13-21(32(23)29-22)25(34)36-6-2/h7-13,15H,5-6,14H2,1-4H3,(H,28,29). The van der Waals surface area contributed by atoms with Gasteiger partial charge in [-0.1, -0.05) is 23.7 Å². The highest BCUT2D eigenvalue weighted by Crippen LogP contribution is 2.27. The molecule has 4 rings (SSSR count). The van der Waals surface area contributed by atoms with Crippen LogP contribution in [0.15, 0.2) is 53.6 Å². The predicted octanol–water partition coefficient (Wildman–Crippen LogP) is 4.13. The zero-order valence-corrected chi connectivity index (χ0v) is 21.2. The maximum Gasteiger partial charge on any atom is 0.358 e. The molecule has 0 amide bonds. The molecule has 0 fully saturated rings. The molecular formula is C25H27ClN6O4. The smallest absolute Gasteiger partial charge is 0.358 e. The molecule has 3 heterocycles. The fourth-order valence-corrected chi connectivity index (χ4v) is 4.02. The number of carbonyl (C=O) groups is 1. The molecule has 36 heavy (non-hydrogen) atoms. The van der Waals surface area contributed by atoms with Crippen LogP contribution in [0, 0.1) is 0 Å². The number of fused-ring (bicyclic) bond motifs is 1. The molecule has 0 aliphatic carbocycles. The Morgan fingerprint density at radius 1 is 1.19 bits per heavy atom. The number of aromatic nitrogens is 4. The fourth-order valence-electron chi connectivity index (χ4n) is 3.79. The Morgan fingerprint density at radius 3 is 2.61 bits per heavy atom. The number of rotatable bonds is 9. The number of anilines is 3. The van der Waals surface area contributed by atoms with Crippen molar-refractivity contribution in [3.63, 3.8) is 0 Å². The van der Waals surface area contributed by atoms with Crippen LogP contribution in [0.1, 0.15) is 29.9 Å². The van der Waals surface area contributed by atoms with Crippen molar-refractivity contribution >= 4 is 40.4 Å². The number of halogens is 1. The first-order chi connectivity index (χ1) is 17.3. The monoisotopic (exact) mass is 510 g/mol. The predicted molar refractivity (Wildman–Crippen MR) is 139 cm³/mol. The van der Waals surface area contributed by atoms with Crippen LogP contribution in [0.3, 0.4) is 0 Å². The summed E-state index contributed by atoms with van der Waals surface area (Å²) in [5.74, 6) is 0.560. The third-order valence-corrected chi connectivity index (χ3v) is 5.79. The highest BCUT2D eigenvalue weighted by Gasteiger charge is 2.20. The zero-order chi connectivity index (χ0) is 25.8. The van der Waals surface area contributed by atoms with Gasteiger partial charge in [-0.05, 0) is 37.6 Å². The van der Waals surface area contributed by atoms with Crippen LogP contribution in [0.2, 0.25) is 5.02 Å². The van der Waals surface area contributed by atoms with E-state index in [0.717, 1.165) is 11.3 Å². The minimum absolute atomic E-state index is 0.173. The lowest BCUT2D eigenvalue weighted by Gasteiger charge is -2.21. The summed E-state index contributed by atoms with van der Waals surface area (Å²) in [7, 11) is 3.53. The molecule has 188 valence electrons. The number of imidazole rings is 1. The van der Waals surface area contributed by atoms with E-state index in [9.17, 15) is 9.59 Å². The first-order valence-corrected chi connectivity index (χ1v) is 11.8. The largest absolute Gasteiger partial charge is 0.497 e. The minimum atomic E-state index is -0.547. The van der Waals surface area contributed by atoms with E-state index >= 15 is 0 Å². The second-order valence-corrected chi connectivity index (χ2v) is 8.44. The van der Waals surface area contributed by atoms with Crippen molar-refractivity contribution in [3.05, 3.63) is 75.4 Å². The lowest BCUT2D eigenvalue weighted by atomic mass is 10.2. The van der Waals surface area contributed by atoms with E-state index in [1.54, 1.807) is 32.4 Å². The number of hydrogen-bond donors (Lipinski definition) is 1. The molecule has 3 aromatic heterocycles. The molecule has 1 aromatic carbocycles. The minimum Gasteiger partial charge on any atom is -0.497 e. The molecule has 0 saturated carbocycles. The quantitative estimate of drug-likeness (QED) is 0.335. The Hall–Kier alpha value is -4.05. The van der Waals surface area contributed by atoms with Crippen molar-refractivity contribution in [2.24, 2.45) is 0 Å². The highest BCUT2D eigenvalue weighted by atomic mass is 35.5. The molecule has 0 bridgehead atoms. The maximum absolute atomic E-state index is 12.8. The van der Waals surface area contributed by atoms with Gasteiger partial charge >= 0.3 is 5.97 Å². The Bertz CT molecular complexity index is 1450. The van der Waals surface area contributed by atoms with Crippen LogP contribution < -0.4 is 20.5 Å². The van der Waals surface area contributed by atoms with Crippen LogP contribution in [0.25, 0.3) is 5.65 Å². The molecule has 4 aromatic rings. The number of ether oxygens (including phenoxy) is 2. The topological polar surface area (TPSA) is 103 Å². The number of nitrogens with one attached hydrogen (secondary N) is 1. The van der Waals surface area contributed by atoms with Gasteiger partial charge in [-0.25, -0.2) is 14.3 Å². The van der Waals surface area contributed by atoms with Crippen molar-refractivity contribution in [1.29, 1.82) is 0 Å². The average Bonchev–Trinajstić information content (AvgIpc) is 3.30. The summed E-state index contributed by atoms with van der Waals surface area (Å²) in [6.07, 6.45) is 3.01. The van der Waals surface area contributed by atoms with Gasteiger partial charge in [-0.3, -0.25) is 4.79 Å². The summed E-state index contributed by atoms with van der Waals surface area (Å²) in [5.41, 5.74) is 2.40. The third-order valence-electron chi connectivity index (χ3n) is 5.58. The Balaban J connectivity index is 1.79. The van der Waals surface area contributed by atoms with E-state index in [-0.39, 0.29) is 23.5 Å². The number of benzene rings is 1. The van der Waals surface area contributed by atoms with Crippen molar-refractivity contribution in [2.45, 2.75) is 26.9 Å². The zero-order valence-electron chi connectivity index (χ0n) is 20.5. The summed E-state index contributed by atoms with van der Waals surface area (Å²) < 4.78 is 13.3.